The van der Waals surface area contributed by atoms with E-state index in [-0.39, 0.29) is 23.7 Å². The molecule has 1 rings (SSSR count). The van der Waals surface area contributed by atoms with Crippen molar-refractivity contribution in [2.75, 3.05) is 12.4 Å². The molecule has 0 aliphatic rings. The molecule has 0 fully saturated rings. The number of urea groups is 1. The Labute approximate surface area is 115 Å². The molecule has 0 aromatic heterocycles. The molecule has 1 atom stereocenters. The van der Waals surface area contributed by atoms with Gasteiger partial charge in [-0.1, -0.05) is 0 Å². The second-order valence-corrected chi connectivity index (χ2v) is 4.25. The third kappa shape index (κ3) is 3.68. The number of carboxylic acid groups (broad SMARTS) is 1. The number of carbonyl (C=O) groups excluding carboxylic acids is 1. The first-order chi connectivity index (χ1) is 9.36. The zero-order valence-electron chi connectivity index (χ0n) is 11.1. The minimum atomic E-state index is -1.22. The van der Waals surface area contributed by atoms with E-state index in [4.69, 9.17) is 10.4 Å². The normalized spacial score (nSPS) is 11.3. The number of aromatic carboxylic acids is 1. The topological polar surface area (TPSA) is 93.4 Å². The molecule has 2 N–H and O–H groups in total. The van der Waals surface area contributed by atoms with Crippen LogP contribution < -0.4 is 5.32 Å². The SMILES string of the molecule is CC(CC#N)N(C)C(=O)Nc1cc(C(=O)O)ccc1F. The van der Waals surface area contributed by atoms with Gasteiger partial charge in [-0.3, -0.25) is 0 Å². The van der Waals surface area contributed by atoms with Crippen LogP contribution in [0.1, 0.15) is 23.7 Å². The Morgan fingerprint density at radius 2 is 2.20 bits per heavy atom. The lowest BCUT2D eigenvalue weighted by Crippen LogP contribution is -2.38. The van der Waals surface area contributed by atoms with Gasteiger partial charge in [0, 0.05) is 13.1 Å². The van der Waals surface area contributed by atoms with Crippen LogP contribution in [-0.4, -0.2) is 35.1 Å². The Kier molecular flexibility index (Phi) is 5.03. The number of benzene rings is 1. The standard InChI is InChI=1S/C13H14FN3O3/c1-8(5-6-15)17(2)13(20)16-11-7-9(12(18)19)3-4-10(11)14/h3-4,7-8H,5H2,1-2H3,(H,16,20)(H,18,19). The minimum Gasteiger partial charge on any atom is -0.478 e. The summed E-state index contributed by atoms with van der Waals surface area (Å²) in [5.41, 5.74) is -0.347. The van der Waals surface area contributed by atoms with Gasteiger partial charge in [-0.05, 0) is 25.1 Å². The lowest BCUT2D eigenvalue weighted by atomic mass is 10.2. The second-order valence-electron chi connectivity index (χ2n) is 4.25. The highest BCUT2D eigenvalue weighted by atomic mass is 19.1. The van der Waals surface area contributed by atoms with E-state index in [1.165, 1.54) is 11.9 Å². The van der Waals surface area contributed by atoms with Gasteiger partial charge in [0.15, 0.2) is 0 Å². The Bertz CT molecular complexity index is 568. The van der Waals surface area contributed by atoms with Crippen molar-refractivity contribution >= 4 is 17.7 Å². The fourth-order valence-electron chi connectivity index (χ4n) is 1.43. The predicted octanol–water partition coefficient (Wildman–Crippen LogP) is 2.29. The van der Waals surface area contributed by atoms with Crippen molar-refractivity contribution in [3.05, 3.63) is 29.6 Å². The van der Waals surface area contributed by atoms with Crippen LogP contribution >= 0.6 is 0 Å². The van der Waals surface area contributed by atoms with Crippen LogP contribution in [0.4, 0.5) is 14.9 Å². The molecule has 0 saturated carbocycles. The van der Waals surface area contributed by atoms with Gasteiger partial charge in [-0.2, -0.15) is 5.26 Å². The van der Waals surface area contributed by atoms with E-state index in [1.54, 1.807) is 6.92 Å². The third-order valence-electron chi connectivity index (χ3n) is 2.82. The van der Waals surface area contributed by atoms with Crippen molar-refractivity contribution in [1.29, 1.82) is 5.26 Å². The van der Waals surface area contributed by atoms with E-state index in [2.05, 4.69) is 5.32 Å². The van der Waals surface area contributed by atoms with Crippen LogP contribution in [-0.2, 0) is 0 Å². The number of rotatable bonds is 4. The van der Waals surface area contributed by atoms with Crippen molar-refractivity contribution in [3.63, 3.8) is 0 Å². The maximum atomic E-state index is 13.5. The lowest BCUT2D eigenvalue weighted by molar-refractivity contribution is 0.0697. The van der Waals surface area contributed by atoms with Crippen LogP contribution in [0.3, 0.4) is 0 Å². The molecule has 0 heterocycles. The molecule has 1 aromatic rings. The fraction of sp³-hybridized carbons (Fsp3) is 0.308. The van der Waals surface area contributed by atoms with Crippen LogP contribution in [0.15, 0.2) is 18.2 Å². The van der Waals surface area contributed by atoms with E-state index in [0.29, 0.717) is 0 Å². The van der Waals surface area contributed by atoms with Gasteiger partial charge in [0.2, 0.25) is 0 Å². The van der Waals surface area contributed by atoms with Gasteiger partial charge in [-0.15, -0.1) is 0 Å². The molecular weight excluding hydrogens is 265 g/mol. The monoisotopic (exact) mass is 279 g/mol. The highest BCUT2D eigenvalue weighted by molar-refractivity contribution is 5.93. The molecule has 106 valence electrons. The molecule has 1 aromatic carbocycles. The molecule has 7 heteroatoms. The molecule has 20 heavy (non-hydrogen) atoms. The van der Waals surface area contributed by atoms with E-state index in [1.807, 2.05) is 6.07 Å². The van der Waals surface area contributed by atoms with Crippen LogP contribution in [0.5, 0.6) is 0 Å². The van der Waals surface area contributed by atoms with Crippen LogP contribution in [0, 0.1) is 17.1 Å². The molecule has 0 radical (unpaired) electrons. The summed E-state index contributed by atoms with van der Waals surface area (Å²) in [5, 5.41) is 19.7. The number of halogens is 1. The molecule has 0 bridgehead atoms. The average molecular weight is 279 g/mol. The number of carbonyl (C=O) groups is 2. The highest BCUT2D eigenvalue weighted by Crippen LogP contribution is 2.17. The first-order valence-corrected chi connectivity index (χ1v) is 5.80. The largest absolute Gasteiger partial charge is 0.478 e. The first kappa shape index (κ1) is 15.4. The third-order valence-corrected chi connectivity index (χ3v) is 2.82. The maximum Gasteiger partial charge on any atom is 0.335 e. The molecular formula is C13H14FN3O3. The van der Waals surface area contributed by atoms with Crippen LogP contribution in [0.2, 0.25) is 0 Å². The van der Waals surface area contributed by atoms with Gasteiger partial charge >= 0.3 is 12.0 Å². The smallest absolute Gasteiger partial charge is 0.335 e. The van der Waals surface area contributed by atoms with E-state index < -0.39 is 17.8 Å². The molecule has 0 saturated heterocycles. The number of hydrogen-bond acceptors (Lipinski definition) is 3. The van der Waals surface area contributed by atoms with Gasteiger partial charge in [0.25, 0.3) is 0 Å². The predicted molar refractivity (Wildman–Crippen MR) is 69.8 cm³/mol. The van der Waals surface area contributed by atoms with Gasteiger partial charge in [0.05, 0.1) is 23.7 Å². The zero-order valence-corrected chi connectivity index (χ0v) is 11.1. The summed E-state index contributed by atoms with van der Waals surface area (Å²) < 4.78 is 13.5. The first-order valence-electron chi connectivity index (χ1n) is 5.80. The van der Waals surface area contributed by atoms with E-state index in [9.17, 15) is 14.0 Å². The van der Waals surface area contributed by atoms with E-state index >= 15 is 0 Å². The molecule has 0 aliphatic carbocycles. The Morgan fingerprint density at radius 1 is 1.55 bits per heavy atom. The zero-order chi connectivity index (χ0) is 15.3. The van der Waals surface area contributed by atoms with Crippen molar-refractivity contribution < 1.29 is 19.1 Å². The lowest BCUT2D eigenvalue weighted by Gasteiger charge is -2.23. The summed E-state index contributed by atoms with van der Waals surface area (Å²) in [7, 11) is 1.47. The van der Waals surface area contributed by atoms with E-state index in [0.717, 1.165) is 18.2 Å². The maximum absolute atomic E-state index is 13.5. The number of nitrogens with one attached hydrogen (secondary N) is 1. The van der Waals surface area contributed by atoms with Gasteiger partial charge in [0.1, 0.15) is 5.82 Å². The summed E-state index contributed by atoms with van der Waals surface area (Å²) in [5.74, 6) is -1.95. The fourth-order valence-corrected chi connectivity index (χ4v) is 1.43. The quantitative estimate of drug-likeness (QED) is 0.884. The number of amides is 2. The summed E-state index contributed by atoms with van der Waals surface area (Å²) >= 11 is 0. The minimum absolute atomic E-state index is 0.130. The summed E-state index contributed by atoms with van der Waals surface area (Å²) in [6.45, 7) is 1.67. The molecule has 1 unspecified atom stereocenters. The van der Waals surface area contributed by atoms with Crippen molar-refractivity contribution in [2.45, 2.75) is 19.4 Å². The van der Waals surface area contributed by atoms with Gasteiger partial charge in [-0.25, -0.2) is 14.0 Å². The molecule has 0 aliphatic heterocycles. The number of anilines is 1. The number of carboxylic acids is 1. The second kappa shape index (κ2) is 6.52. The number of hydrogen-bond donors (Lipinski definition) is 2. The summed E-state index contributed by atoms with van der Waals surface area (Å²) in [6, 6.07) is 4.09. The van der Waals surface area contributed by atoms with Gasteiger partial charge < -0.3 is 15.3 Å². The number of nitriles is 1. The Morgan fingerprint density at radius 3 is 2.75 bits per heavy atom. The molecule has 2 amide bonds. The summed E-state index contributed by atoms with van der Waals surface area (Å²) in [6.07, 6.45) is 0.140. The Hall–Kier alpha value is -2.62. The molecule has 6 nitrogen and oxygen atoms in total. The number of nitrogens with zero attached hydrogens (tertiary/aromatic N) is 2. The average Bonchev–Trinajstić information content (AvgIpc) is 2.40. The summed E-state index contributed by atoms with van der Waals surface area (Å²) in [4.78, 5) is 23.9. The van der Waals surface area contributed by atoms with Crippen LogP contribution in [0.25, 0.3) is 0 Å². The van der Waals surface area contributed by atoms with Crippen molar-refractivity contribution in [2.24, 2.45) is 0 Å². The van der Waals surface area contributed by atoms with Crippen molar-refractivity contribution in [1.82, 2.24) is 4.90 Å². The Balaban J connectivity index is 2.88. The molecule has 0 spiro atoms. The van der Waals surface area contributed by atoms with Crippen molar-refractivity contribution in [3.8, 4) is 6.07 Å². The highest BCUT2D eigenvalue weighted by Gasteiger charge is 2.17.